The summed E-state index contributed by atoms with van der Waals surface area (Å²) in [5.74, 6) is 1.52. The van der Waals surface area contributed by atoms with Crippen LogP contribution in [0.3, 0.4) is 0 Å². The molecular formula is C13H16BrNO. The van der Waals surface area contributed by atoms with Crippen molar-refractivity contribution in [2.75, 3.05) is 11.9 Å². The molecule has 0 aromatic heterocycles. The Morgan fingerprint density at radius 2 is 2.00 bits per heavy atom. The van der Waals surface area contributed by atoms with E-state index in [4.69, 9.17) is 10.00 Å². The topological polar surface area (TPSA) is 33.0 Å². The van der Waals surface area contributed by atoms with Gasteiger partial charge in [-0.05, 0) is 43.0 Å². The summed E-state index contributed by atoms with van der Waals surface area (Å²) in [5.41, 5.74) is 0.667. The Kier molecular flexibility index (Phi) is 5.95. The molecule has 86 valence electrons. The molecule has 0 aliphatic rings. The second kappa shape index (κ2) is 7.29. The molecule has 2 nitrogen and oxygen atoms in total. The quantitative estimate of drug-likeness (QED) is 0.744. The fraction of sp³-hybridized carbons (Fsp3) is 0.462. The van der Waals surface area contributed by atoms with Crippen LogP contribution < -0.4 is 4.74 Å². The van der Waals surface area contributed by atoms with Crippen LogP contribution >= 0.6 is 15.9 Å². The zero-order valence-electron chi connectivity index (χ0n) is 9.45. The first-order chi connectivity index (χ1) is 7.76. The third-order valence-electron chi connectivity index (χ3n) is 2.46. The first-order valence-electron chi connectivity index (χ1n) is 5.45. The van der Waals surface area contributed by atoms with Crippen LogP contribution in [0.4, 0.5) is 0 Å². The zero-order chi connectivity index (χ0) is 11.8. The highest BCUT2D eigenvalue weighted by Gasteiger charge is 2.01. The molecule has 0 amide bonds. The Labute approximate surface area is 105 Å². The first kappa shape index (κ1) is 13.1. The lowest BCUT2D eigenvalue weighted by Crippen LogP contribution is -2.04. The zero-order valence-corrected chi connectivity index (χ0v) is 11.0. The Morgan fingerprint density at radius 3 is 2.56 bits per heavy atom. The second-order valence-electron chi connectivity index (χ2n) is 3.86. The molecule has 0 saturated carbocycles. The van der Waals surface area contributed by atoms with Crippen LogP contribution in [0.25, 0.3) is 0 Å². The number of benzene rings is 1. The minimum absolute atomic E-state index is 0.667. The van der Waals surface area contributed by atoms with Crippen LogP contribution in [-0.2, 0) is 0 Å². The maximum atomic E-state index is 8.64. The molecule has 0 spiro atoms. The van der Waals surface area contributed by atoms with Gasteiger partial charge in [0.2, 0.25) is 0 Å². The highest BCUT2D eigenvalue weighted by atomic mass is 79.9. The summed E-state index contributed by atoms with van der Waals surface area (Å²) in [6.07, 6.45) is 2.24. The smallest absolute Gasteiger partial charge is 0.119 e. The van der Waals surface area contributed by atoms with Gasteiger partial charge in [-0.2, -0.15) is 5.26 Å². The summed E-state index contributed by atoms with van der Waals surface area (Å²) in [6, 6.07) is 9.32. The Morgan fingerprint density at radius 1 is 1.31 bits per heavy atom. The van der Waals surface area contributed by atoms with E-state index in [1.165, 1.54) is 6.42 Å². The molecule has 1 rings (SSSR count). The molecule has 0 radical (unpaired) electrons. The Hall–Kier alpha value is -1.01. The van der Waals surface area contributed by atoms with Crippen molar-refractivity contribution in [3.05, 3.63) is 29.8 Å². The normalized spacial score (nSPS) is 11.8. The van der Waals surface area contributed by atoms with E-state index < -0.39 is 0 Å². The van der Waals surface area contributed by atoms with E-state index in [0.717, 1.165) is 24.1 Å². The van der Waals surface area contributed by atoms with E-state index in [9.17, 15) is 0 Å². The van der Waals surface area contributed by atoms with Crippen molar-refractivity contribution < 1.29 is 4.74 Å². The number of hydrogen-bond acceptors (Lipinski definition) is 2. The van der Waals surface area contributed by atoms with E-state index in [-0.39, 0.29) is 0 Å². The van der Waals surface area contributed by atoms with Crippen molar-refractivity contribution in [1.29, 1.82) is 5.26 Å². The van der Waals surface area contributed by atoms with Gasteiger partial charge in [-0.15, -0.1) is 0 Å². The van der Waals surface area contributed by atoms with Gasteiger partial charge >= 0.3 is 0 Å². The Bertz CT molecular complexity index is 342. The molecule has 0 aliphatic carbocycles. The maximum absolute atomic E-state index is 8.64. The molecule has 1 aromatic rings. The van der Waals surface area contributed by atoms with Crippen molar-refractivity contribution in [2.24, 2.45) is 5.92 Å². The third kappa shape index (κ3) is 4.67. The van der Waals surface area contributed by atoms with Crippen molar-refractivity contribution in [2.45, 2.75) is 19.8 Å². The molecule has 16 heavy (non-hydrogen) atoms. The molecule has 1 unspecified atom stereocenters. The van der Waals surface area contributed by atoms with Gasteiger partial charge in [0.15, 0.2) is 0 Å². The first-order valence-corrected chi connectivity index (χ1v) is 6.57. The fourth-order valence-electron chi connectivity index (χ4n) is 1.33. The number of nitrogens with zero attached hydrogens (tertiary/aromatic N) is 1. The van der Waals surface area contributed by atoms with Gasteiger partial charge in [-0.25, -0.2) is 0 Å². The van der Waals surface area contributed by atoms with Crippen LogP contribution in [0, 0.1) is 17.2 Å². The molecule has 0 heterocycles. The lowest BCUT2D eigenvalue weighted by molar-refractivity contribution is 0.282. The van der Waals surface area contributed by atoms with Gasteiger partial charge in [0, 0.05) is 5.33 Å². The van der Waals surface area contributed by atoms with Crippen molar-refractivity contribution in [3.8, 4) is 11.8 Å². The van der Waals surface area contributed by atoms with Gasteiger partial charge in [0.25, 0.3) is 0 Å². The van der Waals surface area contributed by atoms with Crippen LogP contribution in [-0.4, -0.2) is 11.9 Å². The molecule has 1 aromatic carbocycles. The van der Waals surface area contributed by atoms with Crippen LogP contribution in [0.15, 0.2) is 24.3 Å². The third-order valence-corrected chi connectivity index (χ3v) is 2.92. The van der Waals surface area contributed by atoms with E-state index >= 15 is 0 Å². The standard InChI is InChI=1S/C13H16BrNO/c1-11(6-8-14)7-9-16-13-4-2-12(10-15)3-5-13/h2-5,11H,6-9H2,1H3. The summed E-state index contributed by atoms with van der Waals surface area (Å²) in [5, 5.41) is 9.69. The van der Waals surface area contributed by atoms with Crippen LogP contribution in [0.5, 0.6) is 5.75 Å². The molecule has 3 heteroatoms. The number of nitriles is 1. The van der Waals surface area contributed by atoms with Crippen LogP contribution in [0.2, 0.25) is 0 Å². The number of ether oxygens (including phenoxy) is 1. The van der Waals surface area contributed by atoms with Gasteiger partial charge in [0.05, 0.1) is 18.2 Å². The summed E-state index contributed by atoms with van der Waals surface area (Å²) < 4.78 is 5.60. The fourth-order valence-corrected chi connectivity index (χ4v) is 2.12. The minimum atomic E-state index is 0.667. The van der Waals surface area contributed by atoms with Crippen molar-refractivity contribution >= 4 is 15.9 Å². The van der Waals surface area contributed by atoms with E-state index in [2.05, 4.69) is 28.9 Å². The molecule has 0 fully saturated rings. The maximum Gasteiger partial charge on any atom is 0.119 e. The van der Waals surface area contributed by atoms with Gasteiger partial charge in [0.1, 0.15) is 5.75 Å². The largest absolute Gasteiger partial charge is 0.494 e. The Balaban J connectivity index is 2.29. The van der Waals surface area contributed by atoms with Gasteiger partial charge < -0.3 is 4.74 Å². The van der Waals surface area contributed by atoms with E-state index in [1.54, 1.807) is 12.1 Å². The van der Waals surface area contributed by atoms with Crippen LogP contribution in [0.1, 0.15) is 25.3 Å². The second-order valence-corrected chi connectivity index (χ2v) is 4.65. The number of alkyl halides is 1. The lowest BCUT2D eigenvalue weighted by atomic mass is 10.1. The number of halogens is 1. The predicted molar refractivity (Wildman–Crippen MR) is 68.8 cm³/mol. The van der Waals surface area contributed by atoms with E-state index in [1.807, 2.05) is 12.1 Å². The monoisotopic (exact) mass is 281 g/mol. The molecule has 0 N–H and O–H groups in total. The predicted octanol–water partition coefficient (Wildman–Crippen LogP) is 3.75. The highest BCUT2D eigenvalue weighted by molar-refractivity contribution is 9.09. The summed E-state index contributed by atoms with van der Waals surface area (Å²) in [4.78, 5) is 0. The lowest BCUT2D eigenvalue weighted by Gasteiger charge is -2.10. The SMILES string of the molecule is CC(CCBr)CCOc1ccc(C#N)cc1. The van der Waals surface area contributed by atoms with Gasteiger partial charge in [-0.1, -0.05) is 22.9 Å². The molecule has 0 aliphatic heterocycles. The number of hydrogen-bond donors (Lipinski definition) is 0. The minimum Gasteiger partial charge on any atom is -0.494 e. The number of rotatable bonds is 6. The molecule has 0 saturated heterocycles. The highest BCUT2D eigenvalue weighted by Crippen LogP contribution is 2.14. The summed E-state index contributed by atoms with van der Waals surface area (Å²) in [6.45, 7) is 2.96. The molecule has 0 bridgehead atoms. The average Bonchev–Trinajstić information content (AvgIpc) is 2.30. The van der Waals surface area contributed by atoms with E-state index in [0.29, 0.717) is 11.5 Å². The summed E-state index contributed by atoms with van der Waals surface area (Å²) >= 11 is 3.43. The van der Waals surface area contributed by atoms with Crippen molar-refractivity contribution in [3.63, 3.8) is 0 Å². The molecule has 1 atom stereocenters. The average molecular weight is 282 g/mol. The van der Waals surface area contributed by atoms with Crippen molar-refractivity contribution in [1.82, 2.24) is 0 Å². The van der Waals surface area contributed by atoms with Gasteiger partial charge in [-0.3, -0.25) is 0 Å². The summed E-state index contributed by atoms with van der Waals surface area (Å²) in [7, 11) is 0. The molecular weight excluding hydrogens is 266 g/mol.